The van der Waals surface area contributed by atoms with Gasteiger partial charge in [-0.2, -0.15) is 5.26 Å². The molecule has 0 amide bonds. The van der Waals surface area contributed by atoms with Crippen LogP contribution in [-0.2, 0) is 11.0 Å². The number of pyridine rings is 1. The minimum Gasteiger partial charge on any atom is -0.496 e. The van der Waals surface area contributed by atoms with E-state index < -0.39 is 22.6 Å². The molecule has 5 aromatic rings. The van der Waals surface area contributed by atoms with Gasteiger partial charge in [0, 0.05) is 35.0 Å². The Balaban J connectivity index is 1.59. The fourth-order valence-electron chi connectivity index (χ4n) is 3.97. The number of nitrogens with one attached hydrogen (secondary N) is 1. The largest absolute Gasteiger partial charge is 0.496 e. The van der Waals surface area contributed by atoms with E-state index in [0.717, 1.165) is 29.0 Å². The van der Waals surface area contributed by atoms with E-state index in [1.165, 1.54) is 13.4 Å². The van der Waals surface area contributed by atoms with Crippen molar-refractivity contribution in [2.24, 2.45) is 0 Å². The maximum atomic E-state index is 13.9. The highest BCUT2D eigenvalue weighted by Crippen LogP contribution is 2.39. The van der Waals surface area contributed by atoms with Gasteiger partial charge < -0.3 is 4.74 Å². The first kappa shape index (κ1) is 24.0. The van der Waals surface area contributed by atoms with E-state index in [1.807, 2.05) is 0 Å². The summed E-state index contributed by atoms with van der Waals surface area (Å²) in [4.78, 5) is 12.9. The SMILES string of the molecule is COc1cc(-c2cc(F)cc(F)c2)c(C#N)cc1-c1nccc2cc(S(=O)Nc3ccncn3)ccc12. The maximum absolute atomic E-state index is 13.9. The molecule has 0 aliphatic heterocycles. The second-order valence-corrected chi connectivity index (χ2v) is 9.09. The van der Waals surface area contributed by atoms with Crippen LogP contribution in [0.15, 0.2) is 84.3 Å². The number of ether oxygens (including phenoxy) is 1. The Bertz CT molecular complexity index is 1690. The molecule has 2 aromatic heterocycles. The van der Waals surface area contributed by atoms with Crippen LogP contribution in [0, 0.1) is 23.0 Å². The van der Waals surface area contributed by atoms with E-state index in [0.29, 0.717) is 33.3 Å². The minimum atomic E-state index is -1.57. The van der Waals surface area contributed by atoms with Crippen molar-refractivity contribution in [3.8, 4) is 34.2 Å². The summed E-state index contributed by atoms with van der Waals surface area (Å²) in [5.41, 5.74) is 1.80. The summed E-state index contributed by atoms with van der Waals surface area (Å²) in [7, 11) is -0.106. The molecule has 2 heterocycles. The molecule has 10 heteroatoms. The number of hydrogen-bond acceptors (Lipinski definition) is 6. The zero-order valence-electron chi connectivity index (χ0n) is 19.3. The highest BCUT2D eigenvalue weighted by atomic mass is 32.2. The Morgan fingerprint density at radius 2 is 1.76 bits per heavy atom. The number of halogens is 2. The summed E-state index contributed by atoms with van der Waals surface area (Å²) in [5.74, 6) is -0.701. The average Bonchev–Trinajstić information content (AvgIpc) is 2.91. The molecule has 1 unspecified atom stereocenters. The number of rotatable bonds is 6. The fourth-order valence-corrected chi connectivity index (χ4v) is 4.82. The lowest BCUT2D eigenvalue weighted by molar-refractivity contribution is 0.416. The predicted molar refractivity (Wildman–Crippen MR) is 136 cm³/mol. The highest BCUT2D eigenvalue weighted by Gasteiger charge is 2.18. The average molecular weight is 514 g/mol. The van der Waals surface area contributed by atoms with Crippen molar-refractivity contribution >= 4 is 27.6 Å². The predicted octanol–water partition coefficient (Wildman–Crippen LogP) is 5.65. The molecule has 0 bridgehead atoms. The van der Waals surface area contributed by atoms with Crippen molar-refractivity contribution < 1.29 is 17.7 Å². The first-order valence-corrected chi connectivity index (χ1v) is 12.0. The zero-order chi connectivity index (χ0) is 25.9. The van der Waals surface area contributed by atoms with Crippen LogP contribution in [-0.4, -0.2) is 26.3 Å². The van der Waals surface area contributed by atoms with Crippen LogP contribution < -0.4 is 9.46 Å². The van der Waals surface area contributed by atoms with Gasteiger partial charge in [-0.15, -0.1) is 0 Å². The molecule has 3 aromatic carbocycles. The Kier molecular flexibility index (Phi) is 6.53. The molecule has 0 aliphatic carbocycles. The third-order valence-corrected chi connectivity index (χ3v) is 6.69. The number of methoxy groups -OCH3 is 1. The van der Waals surface area contributed by atoms with Crippen molar-refractivity contribution in [3.63, 3.8) is 0 Å². The van der Waals surface area contributed by atoms with Gasteiger partial charge >= 0.3 is 0 Å². The lowest BCUT2D eigenvalue weighted by Gasteiger charge is -2.15. The monoisotopic (exact) mass is 513 g/mol. The van der Waals surface area contributed by atoms with Crippen molar-refractivity contribution in [1.82, 2.24) is 15.0 Å². The second kappa shape index (κ2) is 10.1. The van der Waals surface area contributed by atoms with Crippen LogP contribution in [0.3, 0.4) is 0 Å². The summed E-state index contributed by atoms with van der Waals surface area (Å²) in [6, 6.07) is 17.0. The zero-order valence-corrected chi connectivity index (χ0v) is 20.1. The molecule has 1 N–H and O–H groups in total. The lowest BCUT2D eigenvalue weighted by atomic mass is 9.94. The van der Waals surface area contributed by atoms with Gasteiger partial charge in [-0.25, -0.2) is 23.0 Å². The first-order chi connectivity index (χ1) is 18.0. The number of hydrogen-bond donors (Lipinski definition) is 1. The number of fused-ring (bicyclic) bond motifs is 1. The molecule has 1 atom stereocenters. The van der Waals surface area contributed by atoms with Crippen LogP contribution >= 0.6 is 0 Å². The number of aromatic nitrogens is 3. The molecular weight excluding hydrogens is 496 g/mol. The molecule has 37 heavy (non-hydrogen) atoms. The topological polar surface area (TPSA) is 101 Å². The van der Waals surface area contributed by atoms with Gasteiger partial charge in [-0.3, -0.25) is 9.71 Å². The molecule has 182 valence electrons. The summed E-state index contributed by atoms with van der Waals surface area (Å²) in [6.45, 7) is 0. The minimum absolute atomic E-state index is 0.200. The van der Waals surface area contributed by atoms with Gasteiger partial charge in [0.1, 0.15) is 29.5 Å². The number of nitrogens with zero attached hydrogens (tertiary/aromatic N) is 4. The molecular formula is C27H17F2N5O2S. The third-order valence-electron chi connectivity index (χ3n) is 5.62. The molecule has 7 nitrogen and oxygen atoms in total. The summed E-state index contributed by atoms with van der Waals surface area (Å²) < 4.78 is 49.0. The van der Waals surface area contributed by atoms with Crippen molar-refractivity contribution in [3.05, 3.63) is 96.6 Å². The van der Waals surface area contributed by atoms with Crippen molar-refractivity contribution in [2.75, 3.05) is 11.8 Å². The van der Waals surface area contributed by atoms with Crippen LogP contribution in [0.5, 0.6) is 5.75 Å². The maximum Gasteiger partial charge on any atom is 0.151 e. The Morgan fingerprint density at radius 1 is 0.946 bits per heavy atom. The molecule has 0 fully saturated rings. The Labute approximate surface area is 213 Å². The molecule has 0 aliphatic rings. The summed E-state index contributed by atoms with van der Waals surface area (Å²) in [6.07, 6.45) is 4.50. The van der Waals surface area contributed by atoms with E-state index in [-0.39, 0.29) is 11.1 Å². The van der Waals surface area contributed by atoms with E-state index in [9.17, 15) is 18.3 Å². The standard InChI is InChI=1S/C27H17F2N5O2S/c1-36-25-13-23(17-8-19(28)12-20(29)9-17)18(14-30)11-24(25)27-22-3-2-21(10-16(22)4-7-32-27)37(35)34-26-5-6-31-15-33-26/h2-13,15H,1H3,(H,31,33,34). The van der Waals surface area contributed by atoms with Crippen LogP contribution in [0.4, 0.5) is 14.6 Å². The molecule has 0 saturated heterocycles. The summed E-state index contributed by atoms with van der Waals surface area (Å²) in [5, 5.41) is 11.3. The Hall–Kier alpha value is -4.75. The van der Waals surface area contributed by atoms with Crippen LogP contribution in [0.25, 0.3) is 33.2 Å². The fraction of sp³-hybridized carbons (Fsp3) is 0.0370. The van der Waals surface area contributed by atoms with Gasteiger partial charge in [0.25, 0.3) is 0 Å². The van der Waals surface area contributed by atoms with Crippen LogP contribution in [0.2, 0.25) is 0 Å². The van der Waals surface area contributed by atoms with Gasteiger partial charge in [-0.1, -0.05) is 6.07 Å². The lowest BCUT2D eigenvalue weighted by Crippen LogP contribution is -2.06. The van der Waals surface area contributed by atoms with E-state index in [2.05, 4.69) is 25.7 Å². The van der Waals surface area contributed by atoms with E-state index in [4.69, 9.17) is 4.74 Å². The smallest absolute Gasteiger partial charge is 0.151 e. The molecule has 0 saturated carbocycles. The van der Waals surface area contributed by atoms with Gasteiger partial charge in [-0.05, 0) is 59.5 Å². The number of benzene rings is 3. The number of nitriles is 1. The quantitative estimate of drug-likeness (QED) is 0.315. The van der Waals surface area contributed by atoms with Gasteiger partial charge in [0.15, 0.2) is 11.0 Å². The van der Waals surface area contributed by atoms with Crippen LogP contribution in [0.1, 0.15) is 5.56 Å². The van der Waals surface area contributed by atoms with Gasteiger partial charge in [0.05, 0.1) is 29.3 Å². The van der Waals surface area contributed by atoms with Crippen molar-refractivity contribution in [1.29, 1.82) is 5.26 Å². The van der Waals surface area contributed by atoms with Crippen molar-refractivity contribution in [2.45, 2.75) is 4.90 Å². The summed E-state index contributed by atoms with van der Waals surface area (Å²) >= 11 is 0. The van der Waals surface area contributed by atoms with Gasteiger partial charge in [0.2, 0.25) is 0 Å². The van der Waals surface area contributed by atoms with E-state index in [1.54, 1.807) is 54.9 Å². The first-order valence-electron chi connectivity index (χ1n) is 10.9. The number of anilines is 1. The third kappa shape index (κ3) is 4.85. The molecule has 5 rings (SSSR count). The van der Waals surface area contributed by atoms with E-state index >= 15 is 0 Å². The highest BCUT2D eigenvalue weighted by molar-refractivity contribution is 7.86. The normalized spacial score (nSPS) is 11.6. The molecule has 0 spiro atoms. The Morgan fingerprint density at radius 3 is 2.46 bits per heavy atom. The second-order valence-electron chi connectivity index (χ2n) is 7.88. The molecule has 0 radical (unpaired) electrons.